The van der Waals surface area contributed by atoms with Gasteiger partial charge in [0, 0.05) is 5.38 Å². The van der Waals surface area contributed by atoms with Crippen molar-refractivity contribution in [2.24, 2.45) is 5.10 Å². The summed E-state index contributed by atoms with van der Waals surface area (Å²) in [5.74, 6) is 0.683. The average Bonchev–Trinajstić information content (AvgIpc) is 2.64. The van der Waals surface area contributed by atoms with Crippen LogP contribution in [0, 0.1) is 0 Å². The summed E-state index contributed by atoms with van der Waals surface area (Å²) in [4.78, 5) is 3.98. The first kappa shape index (κ1) is 10.4. The van der Waals surface area contributed by atoms with Gasteiger partial charge in [-0.3, -0.25) is 5.43 Å². The fourth-order valence-electron chi connectivity index (χ4n) is 1.10. The molecule has 0 unspecified atom stereocenters. The summed E-state index contributed by atoms with van der Waals surface area (Å²) in [6.07, 6.45) is 1.59. The lowest BCUT2D eigenvalue weighted by Crippen LogP contribution is -1.90. The minimum absolute atomic E-state index is 0.211. The molecule has 0 bridgehead atoms. The van der Waals surface area contributed by atoms with Crippen LogP contribution in [0.3, 0.4) is 0 Å². The van der Waals surface area contributed by atoms with E-state index in [0.717, 1.165) is 5.56 Å². The summed E-state index contributed by atoms with van der Waals surface area (Å²) in [7, 11) is 0. The molecule has 6 heteroatoms. The number of aromatic hydroxyl groups is 1. The number of aromatic nitrogens is 1. The maximum atomic E-state index is 9.22. The van der Waals surface area contributed by atoms with Crippen LogP contribution < -0.4 is 11.2 Å². The summed E-state index contributed by atoms with van der Waals surface area (Å²) < 4.78 is 0. The smallest absolute Gasteiger partial charge is 0.205 e. The molecule has 0 radical (unpaired) electrons. The number of nitrogen functional groups attached to an aromatic ring is 1. The Morgan fingerprint density at radius 1 is 1.50 bits per heavy atom. The van der Waals surface area contributed by atoms with E-state index in [9.17, 15) is 5.11 Å². The van der Waals surface area contributed by atoms with E-state index in [1.54, 1.807) is 29.8 Å². The van der Waals surface area contributed by atoms with Crippen molar-refractivity contribution in [3.8, 4) is 5.75 Å². The molecule has 0 aliphatic heterocycles. The Bertz CT molecular complexity index is 509. The zero-order chi connectivity index (χ0) is 11.4. The highest BCUT2D eigenvalue weighted by Crippen LogP contribution is 2.16. The Kier molecular flexibility index (Phi) is 3.02. The first-order valence-corrected chi connectivity index (χ1v) is 5.41. The summed E-state index contributed by atoms with van der Waals surface area (Å²) >= 11 is 1.38. The minimum Gasteiger partial charge on any atom is -0.508 e. The molecule has 1 aromatic heterocycles. The lowest BCUT2D eigenvalue weighted by atomic mass is 10.2. The lowest BCUT2D eigenvalue weighted by Gasteiger charge is -1.95. The van der Waals surface area contributed by atoms with Crippen molar-refractivity contribution in [3.63, 3.8) is 0 Å². The van der Waals surface area contributed by atoms with Gasteiger partial charge in [-0.1, -0.05) is 12.1 Å². The second kappa shape index (κ2) is 4.63. The third kappa shape index (κ3) is 2.71. The summed E-state index contributed by atoms with van der Waals surface area (Å²) in [5.41, 5.74) is 9.01. The van der Waals surface area contributed by atoms with Crippen molar-refractivity contribution in [1.82, 2.24) is 4.98 Å². The van der Waals surface area contributed by atoms with Crippen LogP contribution in [0.1, 0.15) is 5.56 Å². The van der Waals surface area contributed by atoms with Crippen LogP contribution in [0.2, 0.25) is 0 Å². The van der Waals surface area contributed by atoms with Crippen LogP contribution in [0.5, 0.6) is 5.75 Å². The molecular weight excluding hydrogens is 224 g/mol. The van der Waals surface area contributed by atoms with Gasteiger partial charge in [0.2, 0.25) is 5.13 Å². The van der Waals surface area contributed by atoms with Crippen LogP contribution >= 0.6 is 11.3 Å². The highest BCUT2D eigenvalue weighted by molar-refractivity contribution is 7.14. The second-order valence-corrected chi connectivity index (χ2v) is 3.90. The first-order valence-electron chi connectivity index (χ1n) is 4.53. The van der Waals surface area contributed by atoms with E-state index in [-0.39, 0.29) is 5.75 Å². The van der Waals surface area contributed by atoms with Gasteiger partial charge in [0.1, 0.15) is 11.6 Å². The van der Waals surface area contributed by atoms with Gasteiger partial charge in [-0.15, -0.1) is 11.3 Å². The lowest BCUT2D eigenvalue weighted by molar-refractivity contribution is 0.475. The van der Waals surface area contributed by atoms with E-state index < -0.39 is 0 Å². The summed E-state index contributed by atoms with van der Waals surface area (Å²) in [6, 6.07) is 6.80. The topological polar surface area (TPSA) is 83.5 Å². The number of phenolic OH excluding ortho intramolecular Hbond substituents is 1. The first-order chi connectivity index (χ1) is 7.74. The number of benzene rings is 1. The third-order valence-electron chi connectivity index (χ3n) is 1.77. The average molecular weight is 234 g/mol. The van der Waals surface area contributed by atoms with Crippen LogP contribution in [0.25, 0.3) is 0 Å². The second-order valence-electron chi connectivity index (χ2n) is 3.04. The molecule has 2 rings (SSSR count). The number of rotatable bonds is 3. The molecule has 4 N–H and O–H groups in total. The van der Waals surface area contributed by atoms with Gasteiger partial charge in [0.05, 0.1) is 6.21 Å². The van der Waals surface area contributed by atoms with Crippen molar-refractivity contribution in [3.05, 3.63) is 35.2 Å². The molecule has 2 aromatic rings. The molecule has 0 spiro atoms. The minimum atomic E-state index is 0.211. The standard InChI is InChI=1S/C10H10N4OS/c11-9-6-16-10(13-9)14-12-5-7-2-1-3-8(15)4-7/h1-6,15H,11H2,(H,13,14). The maximum Gasteiger partial charge on any atom is 0.205 e. The number of anilines is 2. The van der Waals surface area contributed by atoms with Crippen LogP contribution in [0.15, 0.2) is 34.7 Å². The van der Waals surface area contributed by atoms with Crippen molar-refractivity contribution < 1.29 is 5.11 Å². The Morgan fingerprint density at radius 3 is 3.06 bits per heavy atom. The number of nitrogens with one attached hydrogen (secondary N) is 1. The van der Waals surface area contributed by atoms with Gasteiger partial charge < -0.3 is 10.8 Å². The molecular formula is C10H10N4OS. The van der Waals surface area contributed by atoms with Crippen molar-refractivity contribution in [2.75, 3.05) is 11.2 Å². The number of thiazole rings is 1. The van der Waals surface area contributed by atoms with E-state index in [1.165, 1.54) is 11.3 Å². The quantitative estimate of drug-likeness (QED) is 0.559. The number of phenols is 1. The van der Waals surface area contributed by atoms with Gasteiger partial charge in [0.15, 0.2) is 0 Å². The fourth-order valence-corrected chi connectivity index (χ4v) is 1.65. The van der Waals surface area contributed by atoms with E-state index in [1.807, 2.05) is 6.07 Å². The van der Waals surface area contributed by atoms with E-state index in [2.05, 4.69) is 15.5 Å². The summed E-state index contributed by atoms with van der Waals surface area (Å²) in [6.45, 7) is 0. The molecule has 1 heterocycles. The van der Waals surface area contributed by atoms with Gasteiger partial charge >= 0.3 is 0 Å². The Balaban J connectivity index is 2.00. The van der Waals surface area contributed by atoms with E-state index >= 15 is 0 Å². The largest absolute Gasteiger partial charge is 0.508 e. The number of nitrogens with two attached hydrogens (primary N) is 1. The van der Waals surface area contributed by atoms with Gasteiger partial charge in [0.25, 0.3) is 0 Å². The van der Waals surface area contributed by atoms with Crippen molar-refractivity contribution in [1.29, 1.82) is 0 Å². The van der Waals surface area contributed by atoms with E-state index in [0.29, 0.717) is 10.9 Å². The molecule has 0 atom stereocenters. The Hall–Kier alpha value is -2.08. The highest BCUT2D eigenvalue weighted by Gasteiger charge is 1.95. The normalized spacial score (nSPS) is 10.8. The molecule has 5 nitrogen and oxygen atoms in total. The van der Waals surface area contributed by atoms with Crippen molar-refractivity contribution in [2.45, 2.75) is 0 Å². The molecule has 0 aliphatic rings. The molecule has 82 valence electrons. The number of hydrogen-bond donors (Lipinski definition) is 3. The molecule has 16 heavy (non-hydrogen) atoms. The van der Waals surface area contributed by atoms with E-state index in [4.69, 9.17) is 5.73 Å². The van der Waals surface area contributed by atoms with Gasteiger partial charge in [-0.2, -0.15) is 5.10 Å². The number of hydrazone groups is 1. The zero-order valence-electron chi connectivity index (χ0n) is 8.29. The monoisotopic (exact) mass is 234 g/mol. The van der Waals surface area contributed by atoms with Crippen LogP contribution in [-0.2, 0) is 0 Å². The number of nitrogens with zero attached hydrogens (tertiary/aromatic N) is 2. The molecule has 1 aromatic carbocycles. The van der Waals surface area contributed by atoms with Crippen molar-refractivity contribution >= 4 is 28.5 Å². The Morgan fingerprint density at radius 2 is 2.38 bits per heavy atom. The van der Waals surface area contributed by atoms with Crippen LogP contribution in [-0.4, -0.2) is 16.3 Å². The molecule has 0 aliphatic carbocycles. The maximum absolute atomic E-state index is 9.22. The molecule has 0 fully saturated rings. The molecule has 0 amide bonds. The third-order valence-corrected chi connectivity index (χ3v) is 2.53. The molecule has 0 saturated heterocycles. The molecule has 0 saturated carbocycles. The fraction of sp³-hybridized carbons (Fsp3) is 0. The highest BCUT2D eigenvalue weighted by atomic mass is 32.1. The van der Waals surface area contributed by atoms with Crippen LogP contribution in [0.4, 0.5) is 10.9 Å². The Labute approximate surface area is 96.3 Å². The van der Waals surface area contributed by atoms with Gasteiger partial charge in [-0.05, 0) is 17.7 Å². The SMILES string of the molecule is Nc1csc(NN=Cc2cccc(O)c2)n1. The van der Waals surface area contributed by atoms with Gasteiger partial charge in [-0.25, -0.2) is 4.98 Å². The zero-order valence-corrected chi connectivity index (χ0v) is 9.11. The predicted octanol–water partition coefficient (Wildman–Crippen LogP) is 1.88. The predicted molar refractivity (Wildman–Crippen MR) is 65.8 cm³/mol. The summed E-state index contributed by atoms with van der Waals surface area (Å²) in [5, 5.41) is 15.6. The number of hydrogen-bond acceptors (Lipinski definition) is 6.